The van der Waals surface area contributed by atoms with E-state index in [1.165, 1.54) is 0 Å². The zero-order chi connectivity index (χ0) is 11.5. The Morgan fingerprint density at radius 1 is 1.44 bits per heavy atom. The topological polar surface area (TPSA) is 68.0 Å². The lowest BCUT2D eigenvalue weighted by atomic mass is 10.2. The minimum atomic E-state index is -0.522. The van der Waals surface area contributed by atoms with Crippen LogP contribution in [-0.4, -0.2) is 16.9 Å². The van der Waals surface area contributed by atoms with E-state index in [2.05, 4.69) is 10.3 Å². The monoisotopic (exact) mass is 215 g/mol. The summed E-state index contributed by atoms with van der Waals surface area (Å²) in [6.07, 6.45) is 1.63. The average Bonchev–Trinajstić information content (AvgIpc) is 2.28. The third-order valence-corrected chi connectivity index (χ3v) is 2.27. The van der Waals surface area contributed by atoms with E-state index in [4.69, 9.17) is 5.73 Å². The summed E-state index contributed by atoms with van der Waals surface area (Å²) in [6, 6.07) is 9.09. The highest BCUT2D eigenvalue weighted by atomic mass is 16.2. The van der Waals surface area contributed by atoms with Gasteiger partial charge in [-0.3, -0.25) is 9.78 Å². The van der Waals surface area contributed by atoms with E-state index in [1.54, 1.807) is 13.1 Å². The first kappa shape index (κ1) is 10.6. The number of hydrogen-bond donors (Lipinski definition) is 2. The molecule has 2 rings (SSSR count). The molecule has 0 aliphatic rings. The lowest BCUT2D eigenvalue weighted by Crippen LogP contribution is -2.32. The zero-order valence-electron chi connectivity index (χ0n) is 8.97. The first-order valence-electron chi connectivity index (χ1n) is 5.08. The quantitative estimate of drug-likeness (QED) is 0.798. The van der Waals surface area contributed by atoms with Crippen molar-refractivity contribution in [3.05, 3.63) is 36.5 Å². The molecule has 0 fully saturated rings. The zero-order valence-corrected chi connectivity index (χ0v) is 8.97. The van der Waals surface area contributed by atoms with Crippen LogP contribution in [0.15, 0.2) is 36.5 Å². The number of amides is 1. The Balaban J connectivity index is 2.29. The Morgan fingerprint density at radius 2 is 2.19 bits per heavy atom. The van der Waals surface area contributed by atoms with Crippen LogP contribution in [0.1, 0.15) is 6.92 Å². The Kier molecular flexibility index (Phi) is 2.83. The molecule has 4 heteroatoms. The van der Waals surface area contributed by atoms with Gasteiger partial charge in [0, 0.05) is 5.39 Å². The van der Waals surface area contributed by atoms with E-state index in [9.17, 15) is 4.79 Å². The number of benzene rings is 1. The maximum absolute atomic E-state index is 11.4. The SMILES string of the molecule is C[C@@H](N)C(=O)Nc1cnc2ccccc2c1. The van der Waals surface area contributed by atoms with E-state index in [0.717, 1.165) is 10.9 Å². The summed E-state index contributed by atoms with van der Waals surface area (Å²) >= 11 is 0. The number of pyridine rings is 1. The van der Waals surface area contributed by atoms with Crippen LogP contribution in [0, 0.1) is 0 Å². The van der Waals surface area contributed by atoms with Crippen LogP contribution < -0.4 is 11.1 Å². The Labute approximate surface area is 93.5 Å². The number of hydrogen-bond acceptors (Lipinski definition) is 3. The first-order chi connectivity index (χ1) is 7.66. The van der Waals surface area contributed by atoms with Gasteiger partial charge in [-0.05, 0) is 19.1 Å². The van der Waals surface area contributed by atoms with Crippen molar-refractivity contribution in [1.29, 1.82) is 0 Å². The first-order valence-corrected chi connectivity index (χ1v) is 5.08. The van der Waals surface area contributed by atoms with Gasteiger partial charge in [0.25, 0.3) is 0 Å². The smallest absolute Gasteiger partial charge is 0.241 e. The van der Waals surface area contributed by atoms with Crippen molar-refractivity contribution in [2.45, 2.75) is 13.0 Å². The van der Waals surface area contributed by atoms with Crippen LogP contribution >= 0.6 is 0 Å². The predicted molar refractivity (Wildman–Crippen MR) is 64.0 cm³/mol. The minimum absolute atomic E-state index is 0.211. The second-order valence-corrected chi connectivity index (χ2v) is 3.69. The van der Waals surface area contributed by atoms with Crippen molar-refractivity contribution < 1.29 is 4.79 Å². The highest BCUT2D eigenvalue weighted by Crippen LogP contribution is 2.15. The van der Waals surface area contributed by atoms with E-state index in [0.29, 0.717) is 5.69 Å². The molecule has 4 nitrogen and oxygen atoms in total. The number of carbonyl (C=O) groups excluding carboxylic acids is 1. The number of fused-ring (bicyclic) bond motifs is 1. The number of anilines is 1. The number of nitrogens with two attached hydrogens (primary N) is 1. The van der Waals surface area contributed by atoms with Crippen molar-refractivity contribution in [3.8, 4) is 0 Å². The van der Waals surface area contributed by atoms with Gasteiger partial charge in [-0.1, -0.05) is 18.2 Å². The molecule has 0 spiro atoms. The molecule has 0 aliphatic carbocycles. The standard InChI is InChI=1S/C12H13N3O/c1-8(13)12(16)15-10-6-9-4-2-3-5-11(9)14-7-10/h2-8H,13H2,1H3,(H,15,16)/t8-/m1/s1. The van der Waals surface area contributed by atoms with Crippen molar-refractivity contribution in [3.63, 3.8) is 0 Å². The summed E-state index contributed by atoms with van der Waals surface area (Å²) in [6.45, 7) is 1.64. The summed E-state index contributed by atoms with van der Waals surface area (Å²) in [5, 5.41) is 3.70. The van der Waals surface area contributed by atoms with Gasteiger partial charge >= 0.3 is 0 Å². The molecule has 82 valence electrons. The van der Waals surface area contributed by atoms with Gasteiger partial charge in [0.1, 0.15) is 0 Å². The van der Waals surface area contributed by atoms with Crippen LogP contribution in [0.5, 0.6) is 0 Å². The van der Waals surface area contributed by atoms with Crippen molar-refractivity contribution in [2.24, 2.45) is 5.73 Å². The van der Waals surface area contributed by atoms with Crippen LogP contribution in [0.3, 0.4) is 0 Å². The summed E-state index contributed by atoms with van der Waals surface area (Å²) < 4.78 is 0. The molecular formula is C12H13N3O. The van der Waals surface area contributed by atoms with Crippen LogP contribution in [0.2, 0.25) is 0 Å². The highest BCUT2D eigenvalue weighted by molar-refractivity contribution is 5.95. The van der Waals surface area contributed by atoms with E-state index >= 15 is 0 Å². The fourth-order valence-electron chi connectivity index (χ4n) is 1.40. The molecule has 1 heterocycles. The fraction of sp³-hybridized carbons (Fsp3) is 0.167. The van der Waals surface area contributed by atoms with E-state index in [-0.39, 0.29) is 5.91 Å². The van der Waals surface area contributed by atoms with Gasteiger partial charge in [-0.25, -0.2) is 0 Å². The van der Waals surface area contributed by atoms with Gasteiger partial charge in [0.2, 0.25) is 5.91 Å². The maximum atomic E-state index is 11.4. The molecule has 1 atom stereocenters. The van der Waals surface area contributed by atoms with Gasteiger partial charge in [0.15, 0.2) is 0 Å². The molecule has 0 aliphatic heterocycles. The molecule has 0 saturated heterocycles. The normalized spacial score (nSPS) is 12.4. The number of nitrogens with one attached hydrogen (secondary N) is 1. The molecule has 1 aromatic heterocycles. The lowest BCUT2D eigenvalue weighted by Gasteiger charge is -2.07. The number of para-hydroxylation sites is 1. The second kappa shape index (κ2) is 4.28. The molecule has 0 unspecified atom stereocenters. The van der Waals surface area contributed by atoms with Gasteiger partial charge in [0.05, 0.1) is 23.4 Å². The Morgan fingerprint density at radius 3 is 2.94 bits per heavy atom. The maximum Gasteiger partial charge on any atom is 0.241 e. The third kappa shape index (κ3) is 2.17. The molecular weight excluding hydrogens is 202 g/mol. The van der Waals surface area contributed by atoms with Gasteiger partial charge < -0.3 is 11.1 Å². The van der Waals surface area contributed by atoms with Crippen LogP contribution in [0.25, 0.3) is 10.9 Å². The van der Waals surface area contributed by atoms with Crippen LogP contribution in [0.4, 0.5) is 5.69 Å². The number of rotatable bonds is 2. The molecule has 0 saturated carbocycles. The highest BCUT2D eigenvalue weighted by Gasteiger charge is 2.07. The van der Waals surface area contributed by atoms with Crippen molar-refractivity contribution in [2.75, 3.05) is 5.32 Å². The predicted octanol–water partition coefficient (Wildman–Crippen LogP) is 1.52. The van der Waals surface area contributed by atoms with E-state index in [1.807, 2.05) is 30.3 Å². The number of aromatic nitrogens is 1. The summed E-state index contributed by atoms with van der Waals surface area (Å²) in [7, 11) is 0. The lowest BCUT2D eigenvalue weighted by molar-refractivity contribution is -0.117. The van der Waals surface area contributed by atoms with Gasteiger partial charge in [-0.15, -0.1) is 0 Å². The molecule has 1 aromatic carbocycles. The van der Waals surface area contributed by atoms with Gasteiger partial charge in [-0.2, -0.15) is 0 Å². The summed E-state index contributed by atoms with van der Waals surface area (Å²) in [5.41, 5.74) is 7.04. The summed E-state index contributed by atoms with van der Waals surface area (Å²) in [4.78, 5) is 15.6. The fourth-order valence-corrected chi connectivity index (χ4v) is 1.40. The number of nitrogens with zero attached hydrogens (tertiary/aromatic N) is 1. The summed E-state index contributed by atoms with van der Waals surface area (Å²) in [5.74, 6) is -0.211. The Bertz CT molecular complexity index is 522. The average molecular weight is 215 g/mol. The Hall–Kier alpha value is -1.94. The molecule has 0 bridgehead atoms. The largest absolute Gasteiger partial charge is 0.323 e. The third-order valence-electron chi connectivity index (χ3n) is 2.27. The second-order valence-electron chi connectivity index (χ2n) is 3.69. The van der Waals surface area contributed by atoms with Crippen molar-refractivity contribution in [1.82, 2.24) is 4.98 Å². The van der Waals surface area contributed by atoms with Crippen LogP contribution in [-0.2, 0) is 4.79 Å². The molecule has 16 heavy (non-hydrogen) atoms. The molecule has 1 amide bonds. The molecule has 3 N–H and O–H groups in total. The molecule has 0 radical (unpaired) electrons. The van der Waals surface area contributed by atoms with E-state index < -0.39 is 6.04 Å². The van der Waals surface area contributed by atoms with Crippen molar-refractivity contribution >= 4 is 22.5 Å². The molecule has 2 aromatic rings. The number of carbonyl (C=O) groups is 1. The minimum Gasteiger partial charge on any atom is -0.323 e.